The van der Waals surface area contributed by atoms with Crippen LogP contribution in [0.5, 0.6) is 5.75 Å². The maximum absolute atomic E-state index is 5.29. The SMILES string of the molecule is COc1cccc(CN2CCCCC2CCBr)c1. The second kappa shape index (κ2) is 7.15. The fourth-order valence-electron chi connectivity index (χ4n) is 2.73. The lowest BCUT2D eigenvalue weighted by atomic mass is 9.99. The number of methoxy groups -OCH3 is 1. The third kappa shape index (κ3) is 3.72. The molecule has 18 heavy (non-hydrogen) atoms. The van der Waals surface area contributed by atoms with E-state index >= 15 is 0 Å². The first kappa shape index (κ1) is 13.9. The monoisotopic (exact) mass is 311 g/mol. The third-order valence-corrected chi connectivity index (χ3v) is 4.17. The van der Waals surface area contributed by atoms with Gasteiger partial charge in [0, 0.05) is 17.9 Å². The summed E-state index contributed by atoms with van der Waals surface area (Å²) in [5, 5.41) is 1.10. The molecule has 0 aromatic heterocycles. The lowest BCUT2D eigenvalue weighted by molar-refractivity contribution is 0.137. The van der Waals surface area contributed by atoms with Gasteiger partial charge in [0.15, 0.2) is 0 Å². The molecule has 0 radical (unpaired) electrons. The molecule has 1 aromatic carbocycles. The predicted molar refractivity (Wildman–Crippen MR) is 79.5 cm³/mol. The zero-order chi connectivity index (χ0) is 12.8. The lowest BCUT2D eigenvalue weighted by Gasteiger charge is -2.35. The lowest BCUT2D eigenvalue weighted by Crippen LogP contribution is -2.39. The van der Waals surface area contributed by atoms with Crippen molar-refractivity contribution in [1.82, 2.24) is 4.90 Å². The van der Waals surface area contributed by atoms with Gasteiger partial charge < -0.3 is 4.74 Å². The van der Waals surface area contributed by atoms with Crippen molar-refractivity contribution in [3.05, 3.63) is 29.8 Å². The predicted octanol–water partition coefficient (Wildman–Crippen LogP) is 3.83. The van der Waals surface area contributed by atoms with E-state index in [4.69, 9.17) is 4.74 Å². The van der Waals surface area contributed by atoms with Crippen LogP contribution in [0, 0.1) is 0 Å². The van der Waals surface area contributed by atoms with Crippen molar-refractivity contribution in [2.45, 2.75) is 38.3 Å². The molecule has 0 amide bonds. The van der Waals surface area contributed by atoms with E-state index < -0.39 is 0 Å². The molecule has 1 atom stereocenters. The van der Waals surface area contributed by atoms with E-state index in [0.29, 0.717) is 0 Å². The molecule has 0 aliphatic carbocycles. The minimum atomic E-state index is 0.740. The van der Waals surface area contributed by atoms with Crippen LogP contribution in [-0.4, -0.2) is 29.9 Å². The van der Waals surface area contributed by atoms with Crippen LogP contribution in [0.1, 0.15) is 31.2 Å². The van der Waals surface area contributed by atoms with E-state index in [2.05, 4.69) is 39.0 Å². The number of rotatable bonds is 5. The van der Waals surface area contributed by atoms with E-state index in [0.717, 1.165) is 23.7 Å². The third-order valence-electron chi connectivity index (χ3n) is 3.71. The zero-order valence-electron chi connectivity index (χ0n) is 11.1. The summed E-state index contributed by atoms with van der Waals surface area (Å²) < 4.78 is 5.29. The Morgan fingerprint density at radius 1 is 1.39 bits per heavy atom. The maximum Gasteiger partial charge on any atom is 0.119 e. The second-order valence-electron chi connectivity index (χ2n) is 4.95. The number of benzene rings is 1. The Morgan fingerprint density at radius 3 is 3.06 bits per heavy atom. The summed E-state index contributed by atoms with van der Waals surface area (Å²) in [4.78, 5) is 2.62. The van der Waals surface area contributed by atoms with Crippen molar-refractivity contribution >= 4 is 15.9 Å². The zero-order valence-corrected chi connectivity index (χ0v) is 12.7. The number of hydrogen-bond acceptors (Lipinski definition) is 2. The molecule has 0 bridgehead atoms. The second-order valence-corrected chi connectivity index (χ2v) is 5.74. The van der Waals surface area contributed by atoms with Gasteiger partial charge in [0.1, 0.15) is 5.75 Å². The minimum Gasteiger partial charge on any atom is -0.497 e. The van der Waals surface area contributed by atoms with Gasteiger partial charge >= 0.3 is 0 Å². The number of piperidine rings is 1. The molecule has 1 fully saturated rings. The molecule has 1 saturated heterocycles. The standard InChI is InChI=1S/C15H22BrNO/c1-18-15-7-4-5-13(11-15)12-17-10-3-2-6-14(17)8-9-16/h4-5,7,11,14H,2-3,6,8-10,12H2,1H3. The Balaban J connectivity index is 2.01. The summed E-state index contributed by atoms with van der Waals surface area (Å²) in [5.41, 5.74) is 1.36. The first-order chi connectivity index (χ1) is 8.83. The van der Waals surface area contributed by atoms with Crippen LogP contribution >= 0.6 is 15.9 Å². The number of nitrogens with zero attached hydrogens (tertiary/aromatic N) is 1. The Kier molecular flexibility index (Phi) is 5.51. The molecule has 1 aromatic rings. The summed E-state index contributed by atoms with van der Waals surface area (Å²) in [5.74, 6) is 0.960. The Morgan fingerprint density at radius 2 is 2.28 bits per heavy atom. The molecule has 1 aliphatic heterocycles. The van der Waals surface area contributed by atoms with Crippen molar-refractivity contribution in [1.29, 1.82) is 0 Å². The molecule has 1 heterocycles. The van der Waals surface area contributed by atoms with Crippen LogP contribution in [0.2, 0.25) is 0 Å². The van der Waals surface area contributed by atoms with Crippen LogP contribution in [0.15, 0.2) is 24.3 Å². The highest BCUT2D eigenvalue weighted by atomic mass is 79.9. The normalized spacial score (nSPS) is 20.9. The average Bonchev–Trinajstić information content (AvgIpc) is 2.41. The van der Waals surface area contributed by atoms with Gasteiger partial charge in [0.05, 0.1) is 7.11 Å². The number of likely N-dealkylation sites (tertiary alicyclic amines) is 1. The molecule has 2 rings (SSSR count). The summed E-state index contributed by atoms with van der Waals surface area (Å²) in [6, 6.07) is 9.18. The van der Waals surface area contributed by atoms with E-state index in [1.54, 1.807) is 7.11 Å². The van der Waals surface area contributed by atoms with E-state index in [1.807, 2.05) is 6.07 Å². The smallest absolute Gasteiger partial charge is 0.119 e. The summed E-state index contributed by atoms with van der Waals surface area (Å²) in [6.07, 6.45) is 5.31. The van der Waals surface area contributed by atoms with E-state index in [9.17, 15) is 0 Å². The van der Waals surface area contributed by atoms with Crippen LogP contribution in [-0.2, 0) is 6.54 Å². The maximum atomic E-state index is 5.29. The van der Waals surface area contributed by atoms with E-state index in [-0.39, 0.29) is 0 Å². The number of alkyl halides is 1. The molecule has 0 saturated carbocycles. The van der Waals surface area contributed by atoms with Crippen LogP contribution in [0.25, 0.3) is 0 Å². The van der Waals surface area contributed by atoms with Gasteiger partial charge in [0.25, 0.3) is 0 Å². The van der Waals surface area contributed by atoms with Gasteiger partial charge in [-0.1, -0.05) is 34.5 Å². The van der Waals surface area contributed by atoms with Gasteiger partial charge in [0.2, 0.25) is 0 Å². The van der Waals surface area contributed by atoms with Gasteiger partial charge in [-0.15, -0.1) is 0 Å². The van der Waals surface area contributed by atoms with Crippen molar-refractivity contribution < 1.29 is 4.74 Å². The Bertz CT molecular complexity index is 367. The first-order valence-electron chi connectivity index (χ1n) is 6.76. The van der Waals surface area contributed by atoms with E-state index in [1.165, 1.54) is 37.8 Å². The quantitative estimate of drug-likeness (QED) is 0.766. The minimum absolute atomic E-state index is 0.740. The van der Waals surface area contributed by atoms with Crippen LogP contribution in [0.3, 0.4) is 0 Å². The van der Waals surface area contributed by atoms with Gasteiger partial charge in [-0.2, -0.15) is 0 Å². The van der Waals surface area contributed by atoms with Crippen LogP contribution in [0.4, 0.5) is 0 Å². The fraction of sp³-hybridized carbons (Fsp3) is 0.600. The molecule has 0 spiro atoms. The number of ether oxygens (including phenoxy) is 1. The average molecular weight is 312 g/mol. The topological polar surface area (TPSA) is 12.5 Å². The molecule has 2 nitrogen and oxygen atoms in total. The highest BCUT2D eigenvalue weighted by molar-refractivity contribution is 9.09. The van der Waals surface area contributed by atoms with Gasteiger partial charge in [-0.25, -0.2) is 0 Å². The summed E-state index contributed by atoms with van der Waals surface area (Å²) >= 11 is 3.57. The highest BCUT2D eigenvalue weighted by Crippen LogP contribution is 2.23. The summed E-state index contributed by atoms with van der Waals surface area (Å²) in [6.45, 7) is 2.28. The van der Waals surface area contributed by atoms with Crippen molar-refractivity contribution in [2.75, 3.05) is 19.0 Å². The molecule has 3 heteroatoms. The van der Waals surface area contributed by atoms with Crippen molar-refractivity contribution in [2.24, 2.45) is 0 Å². The fourth-order valence-corrected chi connectivity index (χ4v) is 3.25. The Labute approximate surface area is 118 Å². The van der Waals surface area contributed by atoms with Crippen molar-refractivity contribution in [3.63, 3.8) is 0 Å². The molecule has 100 valence electrons. The van der Waals surface area contributed by atoms with Gasteiger partial charge in [-0.3, -0.25) is 4.90 Å². The first-order valence-corrected chi connectivity index (χ1v) is 7.88. The van der Waals surface area contributed by atoms with Crippen LogP contribution < -0.4 is 4.74 Å². The number of halogens is 1. The highest BCUT2D eigenvalue weighted by Gasteiger charge is 2.21. The molecule has 1 aliphatic rings. The number of hydrogen-bond donors (Lipinski definition) is 0. The Hall–Kier alpha value is -0.540. The molecular weight excluding hydrogens is 290 g/mol. The molecule has 0 N–H and O–H groups in total. The largest absolute Gasteiger partial charge is 0.497 e. The molecule has 1 unspecified atom stereocenters. The van der Waals surface area contributed by atoms with Crippen molar-refractivity contribution in [3.8, 4) is 5.75 Å². The van der Waals surface area contributed by atoms with Gasteiger partial charge in [-0.05, 0) is 43.5 Å². The summed E-state index contributed by atoms with van der Waals surface area (Å²) in [7, 11) is 1.73. The molecular formula is C15H22BrNO.